The Labute approximate surface area is 206 Å². The molecule has 4 aromatic rings. The minimum absolute atomic E-state index is 0.00358. The molecule has 1 aliphatic heterocycles. The second-order valence-corrected chi connectivity index (χ2v) is 9.07. The number of anilines is 1. The first kappa shape index (κ1) is 23.7. The van der Waals surface area contributed by atoms with E-state index in [0.29, 0.717) is 40.3 Å². The normalized spacial score (nSPS) is 15.9. The minimum Gasteiger partial charge on any atom is -0.339 e. The maximum Gasteiger partial charge on any atom is 0.352 e. The molecule has 0 spiro atoms. The third kappa shape index (κ3) is 4.03. The van der Waals surface area contributed by atoms with Crippen molar-refractivity contribution in [3.8, 4) is 11.8 Å². The van der Waals surface area contributed by atoms with Gasteiger partial charge in [-0.2, -0.15) is 9.50 Å². The SMILES string of the molecule is CC#CCn1c(N2CCC[C@@H](N)C2)nc2c(C)c(=O)n(Cc3nc(C)c4cc(F)ccc4n3)c(=O)n21. The Balaban J connectivity index is 1.68. The van der Waals surface area contributed by atoms with E-state index in [1.165, 1.54) is 16.6 Å². The molecule has 5 rings (SSSR count). The highest BCUT2D eigenvalue weighted by Gasteiger charge is 2.26. The van der Waals surface area contributed by atoms with Crippen LogP contribution in [0.1, 0.15) is 36.8 Å². The first-order chi connectivity index (χ1) is 17.3. The average molecular weight is 491 g/mol. The van der Waals surface area contributed by atoms with Crippen LogP contribution in [-0.2, 0) is 13.1 Å². The molecule has 0 amide bonds. The quantitative estimate of drug-likeness (QED) is 0.429. The van der Waals surface area contributed by atoms with Crippen LogP contribution in [0.3, 0.4) is 0 Å². The fourth-order valence-corrected chi connectivity index (χ4v) is 4.73. The topological polar surface area (TPSA) is 116 Å². The van der Waals surface area contributed by atoms with Crippen LogP contribution in [0.2, 0.25) is 0 Å². The Morgan fingerprint density at radius 1 is 1.19 bits per heavy atom. The molecule has 1 aliphatic rings. The predicted octanol–water partition coefficient (Wildman–Crippen LogP) is 1.36. The van der Waals surface area contributed by atoms with E-state index in [1.807, 2.05) is 4.90 Å². The molecule has 4 heterocycles. The third-order valence-corrected chi connectivity index (χ3v) is 6.53. The van der Waals surface area contributed by atoms with Gasteiger partial charge >= 0.3 is 5.69 Å². The van der Waals surface area contributed by atoms with Gasteiger partial charge in [-0.05, 0) is 51.8 Å². The maximum absolute atomic E-state index is 13.7. The van der Waals surface area contributed by atoms with Gasteiger partial charge in [-0.15, -0.1) is 5.92 Å². The van der Waals surface area contributed by atoms with Gasteiger partial charge in [-0.1, -0.05) is 5.92 Å². The van der Waals surface area contributed by atoms with Crippen LogP contribution in [0.25, 0.3) is 16.6 Å². The van der Waals surface area contributed by atoms with Gasteiger partial charge in [0.05, 0.1) is 17.6 Å². The van der Waals surface area contributed by atoms with Gasteiger partial charge in [0.25, 0.3) is 5.56 Å². The lowest BCUT2D eigenvalue weighted by atomic mass is 10.1. The summed E-state index contributed by atoms with van der Waals surface area (Å²) in [5.74, 6) is 6.33. The summed E-state index contributed by atoms with van der Waals surface area (Å²) in [4.78, 5) is 42.7. The third-order valence-electron chi connectivity index (χ3n) is 6.53. The van der Waals surface area contributed by atoms with Gasteiger partial charge < -0.3 is 10.6 Å². The first-order valence-electron chi connectivity index (χ1n) is 11.8. The standard InChI is InChI=1S/C25H27FN8O2/c1-4-5-11-33-24(31-10-6-7-18(27)13-31)30-22-15(2)23(35)32(25(36)34(22)33)14-21-28-16(3)19-12-17(26)8-9-20(19)29-21/h8-9,12,18H,6-7,10-11,13-14,27H2,1-3H3/t18-/m1/s1. The van der Waals surface area contributed by atoms with Gasteiger partial charge in [0.1, 0.15) is 18.2 Å². The number of rotatable bonds is 4. The van der Waals surface area contributed by atoms with E-state index in [4.69, 9.17) is 10.7 Å². The summed E-state index contributed by atoms with van der Waals surface area (Å²) in [7, 11) is 0. The fraction of sp³-hybridized carbons (Fsp3) is 0.400. The molecule has 0 aliphatic carbocycles. The molecule has 11 heteroatoms. The number of piperidine rings is 1. The van der Waals surface area contributed by atoms with Crippen LogP contribution in [0.15, 0.2) is 27.8 Å². The van der Waals surface area contributed by atoms with Crippen LogP contribution in [0.4, 0.5) is 10.3 Å². The van der Waals surface area contributed by atoms with Crippen molar-refractivity contribution in [2.75, 3.05) is 18.0 Å². The zero-order valence-corrected chi connectivity index (χ0v) is 20.5. The molecule has 36 heavy (non-hydrogen) atoms. The Hall–Kier alpha value is -4.04. The molecule has 3 aromatic heterocycles. The van der Waals surface area contributed by atoms with Crippen molar-refractivity contribution >= 4 is 22.5 Å². The molecular formula is C25H27FN8O2. The Kier molecular flexibility index (Phi) is 6.05. The van der Waals surface area contributed by atoms with Gasteiger partial charge in [0.2, 0.25) is 5.95 Å². The van der Waals surface area contributed by atoms with Crippen molar-refractivity contribution in [1.29, 1.82) is 0 Å². The fourth-order valence-electron chi connectivity index (χ4n) is 4.73. The lowest BCUT2D eigenvalue weighted by Crippen LogP contribution is -2.44. The van der Waals surface area contributed by atoms with E-state index < -0.39 is 11.2 Å². The number of hydrogen-bond acceptors (Lipinski definition) is 7. The highest BCUT2D eigenvalue weighted by Crippen LogP contribution is 2.20. The summed E-state index contributed by atoms with van der Waals surface area (Å²) >= 11 is 0. The highest BCUT2D eigenvalue weighted by atomic mass is 19.1. The second kappa shape index (κ2) is 9.20. The number of aromatic nitrogens is 6. The molecule has 1 atom stereocenters. The summed E-state index contributed by atoms with van der Waals surface area (Å²) in [5.41, 5.74) is 6.90. The predicted molar refractivity (Wildman–Crippen MR) is 135 cm³/mol. The van der Waals surface area contributed by atoms with E-state index in [-0.39, 0.29) is 30.8 Å². The van der Waals surface area contributed by atoms with Crippen molar-refractivity contribution in [3.05, 3.63) is 61.9 Å². The first-order valence-corrected chi connectivity index (χ1v) is 11.8. The molecule has 0 bridgehead atoms. The van der Waals surface area contributed by atoms with Crippen molar-refractivity contribution in [3.63, 3.8) is 0 Å². The molecule has 1 fully saturated rings. The van der Waals surface area contributed by atoms with Gasteiger partial charge in [0.15, 0.2) is 5.65 Å². The monoisotopic (exact) mass is 490 g/mol. The molecule has 10 nitrogen and oxygen atoms in total. The number of fused-ring (bicyclic) bond motifs is 2. The smallest absolute Gasteiger partial charge is 0.339 e. The van der Waals surface area contributed by atoms with Crippen LogP contribution in [0.5, 0.6) is 0 Å². The zero-order chi connectivity index (χ0) is 25.6. The van der Waals surface area contributed by atoms with Gasteiger partial charge in [-0.3, -0.25) is 9.36 Å². The van der Waals surface area contributed by atoms with Gasteiger partial charge in [0, 0.05) is 30.2 Å². The van der Waals surface area contributed by atoms with E-state index in [2.05, 4.69) is 21.8 Å². The lowest BCUT2D eigenvalue weighted by Gasteiger charge is -2.31. The average Bonchev–Trinajstić information content (AvgIpc) is 3.24. The summed E-state index contributed by atoms with van der Waals surface area (Å²) < 4.78 is 17.9. The van der Waals surface area contributed by atoms with E-state index in [0.717, 1.165) is 24.0 Å². The van der Waals surface area contributed by atoms with Crippen LogP contribution < -0.4 is 21.9 Å². The second-order valence-electron chi connectivity index (χ2n) is 9.07. The maximum atomic E-state index is 13.7. The van der Waals surface area contributed by atoms with E-state index >= 15 is 0 Å². The molecule has 186 valence electrons. The molecule has 0 saturated carbocycles. The highest BCUT2D eigenvalue weighted by molar-refractivity contribution is 5.80. The molecule has 2 N–H and O–H groups in total. The van der Waals surface area contributed by atoms with Crippen LogP contribution >= 0.6 is 0 Å². The number of hydrogen-bond donors (Lipinski definition) is 1. The van der Waals surface area contributed by atoms with Crippen molar-refractivity contribution in [2.24, 2.45) is 5.73 Å². The molecule has 0 radical (unpaired) electrons. The van der Waals surface area contributed by atoms with Crippen LogP contribution in [-0.4, -0.2) is 47.8 Å². The van der Waals surface area contributed by atoms with Crippen molar-refractivity contribution in [1.82, 2.24) is 28.7 Å². The molecule has 1 saturated heterocycles. The summed E-state index contributed by atoms with van der Waals surface area (Å²) in [6.07, 6.45) is 1.83. The Bertz CT molecular complexity index is 1670. The lowest BCUT2D eigenvalue weighted by molar-refractivity contribution is 0.485. The number of aryl methyl sites for hydroxylation is 2. The largest absolute Gasteiger partial charge is 0.352 e. The molecule has 0 unspecified atom stereocenters. The Morgan fingerprint density at radius 2 is 2.00 bits per heavy atom. The number of nitrogens with two attached hydrogens (primary N) is 1. The summed E-state index contributed by atoms with van der Waals surface area (Å²) in [5, 5.41) is 0.579. The minimum atomic E-state index is -0.556. The molecular weight excluding hydrogens is 463 g/mol. The Morgan fingerprint density at radius 3 is 2.75 bits per heavy atom. The van der Waals surface area contributed by atoms with E-state index in [9.17, 15) is 14.0 Å². The van der Waals surface area contributed by atoms with Crippen LogP contribution in [0, 0.1) is 31.5 Å². The van der Waals surface area contributed by atoms with Gasteiger partial charge in [-0.25, -0.2) is 23.8 Å². The zero-order valence-electron chi connectivity index (χ0n) is 20.5. The number of benzene rings is 1. The molecule has 1 aromatic carbocycles. The van der Waals surface area contributed by atoms with Crippen molar-refractivity contribution in [2.45, 2.75) is 52.7 Å². The van der Waals surface area contributed by atoms with E-state index in [1.54, 1.807) is 31.5 Å². The van der Waals surface area contributed by atoms with Crippen molar-refractivity contribution < 1.29 is 4.39 Å². The summed E-state index contributed by atoms with van der Waals surface area (Å²) in [6.45, 7) is 6.56. The summed E-state index contributed by atoms with van der Waals surface area (Å²) in [6, 6.07) is 4.24. The number of halogens is 1. The number of nitrogens with zero attached hydrogens (tertiary/aromatic N) is 7.